The van der Waals surface area contributed by atoms with Crippen molar-refractivity contribution in [3.05, 3.63) is 83.2 Å². The van der Waals surface area contributed by atoms with Gasteiger partial charge >= 0.3 is 12.1 Å². The number of halogens is 3. The molecule has 0 aliphatic carbocycles. The zero-order valence-corrected chi connectivity index (χ0v) is 20.5. The summed E-state index contributed by atoms with van der Waals surface area (Å²) >= 11 is 0. The number of para-hydroxylation sites is 2. The van der Waals surface area contributed by atoms with Crippen LogP contribution >= 0.6 is 0 Å². The molecule has 1 atom stereocenters. The number of nitrogens with zero attached hydrogens (tertiary/aromatic N) is 2. The molecule has 0 spiro atoms. The number of carbonyl (C=O) groups is 2. The van der Waals surface area contributed by atoms with Crippen LogP contribution in [0.25, 0.3) is 22.0 Å². The normalized spacial score (nSPS) is 15.0. The standard InChI is InChI=1S/C25H22N4O3.C2HF3O2/c1-32-22-9-5-4-8-20(22)26-21-14-15-29(25(21)31)17-12-10-16(11-13-17)23-18-6-2-3-7-19(18)24(30)28-27-23;3-2(4,5)1(6)7/h2-13,21,26H,14-15H2,1H3,(H,28,30);(H,6,7). The molecule has 1 aromatic heterocycles. The van der Waals surface area contributed by atoms with Gasteiger partial charge < -0.3 is 20.1 Å². The van der Waals surface area contributed by atoms with Gasteiger partial charge in [0, 0.05) is 23.2 Å². The van der Waals surface area contributed by atoms with Crippen LogP contribution < -0.4 is 20.5 Å². The van der Waals surface area contributed by atoms with Gasteiger partial charge in [-0.15, -0.1) is 0 Å². The monoisotopic (exact) mass is 540 g/mol. The van der Waals surface area contributed by atoms with E-state index in [1.165, 1.54) is 0 Å². The number of aliphatic carboxylic acids is 1. The summed E-state index contributed by atoms with van der Waals surface area (Å²) in [5.41, 5.74) is 3.00. The summed E-state index contributed by atoms with van der Waals surface area (Å²) in [4.78, 5) is 35.8. The minimum Gasteiger partial charge on any atom is -0.495 e. The second-order valence-electron chi connectivity index (χ2n) is 8.47. The Bertz CT molecular complexity index is 1550. The third-order valence-corrected chi connectivity index (χ3v) is 6.03. The molecule has 1 aliphatic rings. The molecular weight excluding hydrogens is 517 g/mol. The topological polar surface area (TPSA) is 125 Å². The Morgan fingerprint density at radius 1 is 1.03 bits per heavy atom. The van der Waals surface area contributed by atoms with E-state index < -0.39 is 12.1 Å². The van der Waals surface area contributed by atoms with Gasteiger partial charge in [0.05, 0.1) is 23.9 Å². The van der Waals surface area contributed by atoms with Crippen molar-refractivity contribution < 1.29 is 32.6 Å². The number of amides is 1. The summed E-state index contributed by atoms with van der Waals surface area (Å²) in [5.74, 6) is -2.02. The smallest absolute Gasteiger partial charge is 0.490 e. The van der Waals surface area contributed by atoms with Crippen molar-refractivity contribution in [1.29, 1.82) is 0 Å². The minimum atomic E-state index is -5.08. The molecule has 202 valence electrons. The summed E-state index contributed by atoms with van der Waals surface area (Å²) in [5, 5.41) is 18.7. The van der Waals surface area contributed by atoms with Crippen LogP contribution in [0, 0.1) is 0 Å². The summed E-state index contributed by atoms with van der Waals surface area (Å²) in [6, 6.07) is 22.4. The second-order valence-corrected chi connectivity index (χ2v) is 8.47. The van der Waals surface area contributed by atoms with Gasteiger partial charge in [0.1, 0.15) is 11.8 Å². The Hall–Kier alpha value is -4.87. The molecule has 4 aromatic rings. The fraction of sp³-hybridized carbons (Fsp3) is 0.185. The average molecular weight is 540 g/mol. The molecule has 9 nitrogen and oxygen atoms in total. The Kier molecular flexibility index (Phi) is 7.84. The van der Waals surface area contributed by atoms with E-state index in [1.54, 1.807) is 18.1 Å². The number of methoxy groups -OCH3 is 1. The SMILES string of the molecule is COc1ccccc1NC1CCN(c2ccc(-c3n[nH]c(=O)c4ccccc34)cc2)C1=O.O=C(O)C(F)(F)F. The first kappa shape index (κ1) is 27.2. The summed E-state index contributed by atoms with van der Waals surface area (Å²) in [6.45, 7) is 0.630. The van der Waals surface area contributed by atoms with Gasteiger partial charge in [-0.3, -0.25) is 9.59 Å². The third-order valence-electron chi connectivity index (χ3n) is 6.03. The van der Waals surface area contributed by atoms with E-state index in [1.807, 2.05) is 66.7 Å². The number of ether oxygens (including phenoxy) is 1. The highest BCUT2D eigenvalue weighted by atomic mass is 19.4. The van der Waals surface area contributed by atoms with Crippen LogP contribution in [0.4, 0.5) is 24.5 Å². The van der Waals surface area contributed by atoms with Crippen molar-refractivity contribution in [2.75, 3.05) is 23.9 Å². The van der Waals surface area contributed by atoms with Gasteiger partial charge in [-0.05, 0) is 36.8 Å². The fourth-order valence-corrected chi connectivity index (χ4v) is 4.16. The molecule has 39 heavy (non-hydrogen) atoms. The summed E-state index contributed by atoms with van der Waals surface area (Å²) in [6.07, 6.45) is -4.38. The van der Waals surface area contributed by atoms with Gasteiger partial charge in [-0.2, -0.15) is 18.3 Å². The van der Waals surface area contributed by atoms with Crippen LogP contribution in [0.2, 0.25) is 0 Å². The van der Waals surface area contributed by atoms with E-state index in [-0.39, 0.29) is 17.5 Å². The number of H-pyrrole nitrogens is 1. The van der Waals surface area contributed by atoms with E-state index in [0.717, 1.165) is 22.3 Å². The number of alkyl halides is 3. The molecule has 1 aliphatic heterocycles. The number of carboxylic acid groups (broad SMARTS) is 1. The van der Waals surface area contributed by atoms with Crippen molar-refractivity contribution in [3.63, 3.8) is 0 Å². The number of rotatable bonds is 5. The lowest BCUT2D eigenvalue weighted by molar-refractivity contribution is -0.192. The molecule has 2 heterocycles. The molecular formula is C27H23F3N4O5. The van der Waals surface area contributed by atoms with E-state index >= 15 is 0 Å². The number of benzene rings is 3. The Morgan fingerprint density at radius 2 is 1.64 bits per heavy atom. The maximum atomic E-state index is 13.0. The van der Waals surface area contributed by atoms with Gasteiger partial charge in [0.25, 0.3) is 5.56 Å². The van der Waals surface area contributed by atoms with Crippen LogP contribution in [0.15, 0.2) is 77.6 Å². The molecule has 1 saturated heterocycles. The molecule has 3 aromatic carbocycles. The van der Waals surface area contributed by atoms with Gasteiger partial charge in [-0.25, -0.2) is 9.89 Å². The average Bonchev–Trinajstić information content (AvgIpc) is 3.29. The van der Waals surface area contributed by atoms with Crippen LogP contribution in [-0.4, -0.2) is 53.1 Å². The highest BCUT2D eigenvalue weighted by Gasteiger charge is 2.38. The number of anilines is 2. The molecule has 0 saturated carbocycles. The lowest BCUT2D eigenvalue weighted by atomic mass is 10.0. The third kappa shape index (κ3) is 6.00. The Labute approximate surface area is 219 Å². The minimum absolute atomic E-state index is 0.0243. The molecule has 1 fully saturated rings. The zero-order chi connectivity index (χ0) is 28.2. The molecule has 12 heteroatoms. The number of carboxylic acids is 1. The van der Waals surface area contributed by atoms with Crippen molar-refractivity contribution >= 4 is 34.0 Å². The fourth-order valence-electron chi connectivity index (χ4n) is 4.16. The lowest BCUT2D eigenvalue weighted by Gasteiger charge is -2.19. The largest absolute Gasteiger partial charge is 0.495 e. The summed E-state index contributed by atoms with van der Waals surface area (Å²) < 4.78 is 37.1. The van der Waals surface area contributed by atoms with Crippen molar-refractivity contribution in [3.8, 4) is 17.0 Å². The first-order valence-electron chi connectivity index (χ1n) is 11.7. The van der Waals surface area contributed by atoms with Crippen LogP contribution in [0.5, 0.6) is 5.75 Å². The highest BCUT2D eigenvalue weighted by Crippen LogP contribution is 2.30. The van der Waals surface area contributed by atoms with Gasteiger partial charge in [0.15, 0.2) is 0 Å². The quantitative estimate of drug-likeness (QED) is 0.342. The van der Waals surface area contributed by atoms with E-state index in [2.05, 4.69) is 15.5 Å². The molecule has 5 rings (SSSR count). The summed E-state index contributed by atoms with van der Waals surface area (Å²) in [7, 11) is 1.62. The van der Waals surface area contributed by atoms with E-state index in [0.29, 0.717) is 29.8 Å². The number of carbonyl (C=O) groups excluding carboxylic acids is 1. The van der Waals surface area contributed by atoms with Gasteiger partial charge in [0.2, 0.25) is 5.91 Å². The number of aromatic amines is 1. The highest BCUT2D eigenvalue weighted by molar-refractivity contribution is 6.01. The molecule has 1 unspecified atom stereocenters. The first-order valence-corrected chi connectivity index (χ1v) is 11.7. The van der Waals surface area contributed by atoms with Gasteiger partial charge in [-0.1, -0.05) is 42.5 Å². The predicted molar refractivity (Wildman–Crippen MR) is 139 cm³/mol. The maximum absolute atomic E-state index is 13.0. The Balaban J connectivity index is 0.000000448. The van der Waals surface area contributed by atoms with Crippen molar-refractivity contribution in [2.24, 2.45) is 0 Å². The van der Waals surface area contributed by atoms with Crippen molar-refractivity contribution in [2.45, 2.75) is 18.6 Å². The number of fused-ring (bicyclic) bond motifs is 1. The first-order chi connectivity index (χ1) is 18.6. The van der Waals surface area contributed by atoms with Crippen LogP contribution in [-0.2, 0) is 9.59 Å². The lowest BCUT2D eigenvalue weighted by Crippen LogP contribution is -2.33. The van der Waals surface area contributed by atoms with Crippen LogP contribution in [0.1, 0.15) is 6.42 Å². The zero-order valence-electron chi connectivity index (χ0n) is 20.5. The Morgan fingerprint density at radius 3 is 2.28 bits per heavy atom. The molecule has 1 amide bonds. The molecule has 0 radical (unpaired) electrons. The molecule has 0 bridgehead atoms. The van der Waals surface area contributed by atoms with E-state index in [4.69, 9.17) is 14.6 Å². The number of nitrogens with one attached hydrogen (secondary N) is 2. The second kappa shape index (κ2) is 11.3. The number of hydrogen-bond donors (Lipinski definition) is 3. The molecule has 3 N–H and O–H groups in total. The number of aromatic nitrogens is 2. The number of hydrogen-bond acceptors (Lipinski definition) is 6. The predicted octanol–water partition coefficient (Wildman–Crippen LogP) is 4.45. The maximum Gasteiger partial charge on any atom is 0.490 e. The van der Waals surface area contributed by atoms with E-state index in [9.17, 15) is 22.8 Å². The van der Waals surface area contributed by atoms with Crippen LogP contribution in [0.3, 0.4) is 0 Å². The van der Waals surface area contributed by atoms with Crippen molar-refractivity contribution in [1.82, 2.24) is 10.2 Å².